The van der Waals surface area contributed by atoms with Gasteiger partial charge in [0.25, 0.3) is 0 Å². The maximum atomic E-state index is 8.92. The van der Waals surface area contributed by atoms with Crippen molar-refractivity contribution in [3.8, 4) is 6.07 Å². The Labute approximate surface area is 111 Å². The van der Waals surface area contributed by atoms with Crippen molar-refractivity contribution < 1.29 is 0 Å². The van der Waals surface area contributed by atoms with Crippen LogP contribution in [-0.2, 0) is 0 Å². The number of hydrogen-bond acceptors (Lipinski definition) is 2. The van der Waals surface area contributed by atoms with Gasteiger partial charge >= 0.3 is 0 Å². The van der Waals surface area contributed by atoms with E-state index in [1.54, 1.807) is 0 Å². The van der Waals surface area contributed by atoms with E-state index >= 15 is 0 Å². The predicted octanol–water partition coefficient (Wildman–Crippen LogP) is 4.09. The normalized spacial score (nSPS) is 20.8. The van der Waals surface area contributed by atoms with Crippen LogP contribution in [0.2, 0.25) is 0 Å². The number of benzene rings is 1. The highest BCUT2D eigenvalue weighted by Gasteiger charge is 2.17. The summed E-state index contributed by atoms with van der Waals surface area (Å²) in [6.07, 6.45) is 5.19. The summed E-state index contributed by atoms with van der Waals surface area (Å²) in [6, 6.07) is 8.81. The molecule has 0 amide bonds. The second-order valence-electron chi connectivity index (χ2n) is 4.67. The smallest absolute Gasteiger partial charge is 0.100 e. The SMILES string of the molecule is CC1CCCCCN1c1ccc(C#N)c(Br)c1. The molecule has 0 spiro atoms. The van der Waals surface area contributed by atoms with Crippen molar-refractivity contribution in [2.45, 2.75) is 38.6 Å². The molecule has 1 saturated heterocycles. The first-order valence-electron chi connectivity index (χ1n) is 6.18. The molecule has 0 N–H and O–H groups in total. The van der Waals surface area contributed by atoms with Crippen LogP contribution in [0.15, 0.2) is 22.7 Å². The molecular weight excluding hydrogens is 276 g/mol. The van der Waals surface area contributed by atoms with Crippen molar-refractivity contribution in [2.75, 3.05) is 11.4 Å². The summed E-state index contributed by atoms with van der Waals surface area (Å²) in [4.78, 5) is 2.46. The van der Waals surface area contributed by atoms with E-state index in [4.69, 9.17) is 5.26 Å². The lowest BCUT2D eigenvalue weighted by atomic mass is 10.1. The quantitative estimate of drug-likeness (QED) is 0.779. The minimum atomic E-state index is 0.595. The van der Waals surface area contributed by atoms with Crippen molar-refractivity contribution in [1.29, 1.82) is 5.26 Å². The Hall–Kier alpha value is -1.01. The zero-order valence-corrected chi connectivity index (χ0v) is 11.7. The molecule has 0 aliphatic carbocycles. The molecule has 1 aliphatic heterocycles. The molecule has 1 fully saturated rings. The Balaban J connectivity index is 2.26. The maximum Gasteiger partial charge on any atom is 0.100 e. The molecule has 1 aromatic rings. The minimum absolute atomic E-state index is 0.595. The number of halogens is 1. The van der Waals surface area contributed by atoms with E-state index in [-0.39, 0.29) is 0 Å². The molecule has 0 aromatic heterocycles. The summed E-state index contributed by atoms with van der Waals surface area (Å²) in [7, 11) is 0. The first-order chi connectivity index (χ1) is 8.22. The molecule has 0 bridgehead atoms. The summed E-state index contributed by atoms with van der Waals surface area (Å²) in [5.74, 6) is 0. The molecule has 1 aliphatic rings. The average Bonchev–Trinajstić information content (AvgIpc) is 2.54. The number of hydrogen-bond donors (Lipinski definition) is 0. The number of anilines is 1. The fraction of sp³-hybridized carbons (Fsp3) is 0.500. The molecule has 0 saturated carbocycles. The highest BCUT2D eigenvalue weighted by Crippen LogP contribution is 2.28. The molecule has 1 unspecified atom stereocenters. The fourth-order valence-corrected chi connectivity index (χ4v) is 2.89. The van der Waals surface area contributed by atoms with Crippen LogP contribution in [0.3, 0.4) is 0 Å². The summed E-state index contributed by atoms with van der Waals surface area (Å²) in [6.45, 7) is 3.41. The van der Waals surface area contributed by atoms with Gasteiger partial charge in [0.15, 0.2) is 0 Å². The van der Waals surface area contributed by atoms with E-state index in [0.717, 1.165) is 11.0 Å². The Kier molecular flexibility index (Phi) is 4.06. The van der Waals surface area contributed by atoms with Crippen LogP contribution >= 0.6 is 15.9 Å². The van der Waals surface area contributed by atoms with Gasteiger partial charge < -0.3 is 4.90 Å². The molecule has 17 heavy (non-hydrogen) atoms. The first-order valence-corrected chi connectivity index (χ1v) is 6.98. The third-order valence-corrected chi connectivity index (χ3v) is 4.11. The van der Waals surface area contributed by atoms with E-state index < -0.39 is 0 Å². The van der Waals surface area contributed by atoms with Gasteiger partial charge in [-0.15, -0.1) is 0 Å². The molecule has 1 atom stereocenters. The van der Waals surface area contributed by atoms with Crippen LogP contribution in [0.5, 0.6) is 0 Å². The van der Waals surface area contributed by atoms with E-state index in [9.17, 15) is 0 Å². The lowest BCUT2D eigenvalue weighted by Gasteiger charge is -2.29. The number of nitriles is 1. The third-order valence-electron chi connectivity index (χ3n) is 3.46. The van der Waals surface area contributed by atoms with Crippen molar-refractivity contribution in [1.82, 2.24) is 0 Å². The summed E-state index contributed by atoms with van der Waals surface area (Å²) < 4.78 is 0.897. The van der Waals surface area contributed by atoms with E-state index in [1.807, 2.05) is 6.07 Å². The van der Waals surface area contributed by atoms with Crippen molar-refractivity contribution in [3.05, 3.63) is 28.2 Å². The lowest BCUT2D eigenvalue weighted by Crippen LogP contribution is -2.32. The molecule has 3 heteroatoms. The van der Waals surface area contributed by atoms with Gasteiger partial charge in [0.2, 0.25) is 0 Å². The second-order valence-corrected chi connectivity index (χ2v) is 5.52. The van der Waals surface area contributed by atoms with E-state index in [2.05, 4.69) is 46.0 Å². The Morgan fingerprint density at radius 3 is 2.88 bits per heavy atom. The Morgan fingerprint density at radius 1 is 1.35 bits per heavy atom. The molecule has 90 valence electrons. The minimum Gasteiger partial charge on any atom is -0.369 e. The van der Waals surface area contributed by atoms with Gasteiger partial charge in [0.1, 0.15) is 6.07 Å². The van der Waals surface area contributed by atoms with Gasteiger partial charge in [-0.05, 0) is 53.9 Å². The average molecular weight is 293 g/mol. The van der Waals surface area contributed by atoms with Crippen LogP contribution in [0.4, 0.5) is 5.69 Å². The molecular formula is C14H17BrN2. The summed E-state index contributed by atoms with van der Waals surface area (Å²) in [5, 5.41) is 8.92. The predicted molar refractivity (Wildman–Crippen MR) is 74.1 cm³/mol. The third kappa shape index (κ3) is 2.81. The van der Waals surface area contributed by atoms with Crippen molar-refractivity contribution in [3.63, 3.8) is 0 Å². The van der Waals surface area contributed by atoms with Gasteiger partial charge in [-0.25, -0.2) is 0 Å². The molecule has 2 nitrogen and oxygen atoms in total. The van der Waals surface area contributed by atoms with Crippen molar-refractivity contribution in [2.24, 2.45) is 0 Å². The van der Waals surface area contributed by atoms with Crippen LogP contribution in [0.25, 0.3) is 0 Å². The maximum absolute atomic E-state index is 8.92. The molecule has 1 heterocycles. The van der Waals surface area contributed by atoms with E-state index in [0.29, 0.717) is 11.6 Å². The van der Waals surface area contributed by atoms with Gasteiger partial charge in [-0.2, -0.15) is 5.26 Å². The zero-order valence-electron chi connectivity index (χ0n) is 10.1. The number of nitrogens with zero attached hydrogens (tertiary/aromatic N) is 2. The lowest BCUT2D eigenvalue weighted by molar-refractivity contribution is 0.616. The zero-order chi connectivity index (χ0) is 12.3. The van der Waals surface area contributed by atoms with Crippen LogP contribution < -0.4 is 4.90 Å². The Morgan fingerprint density at radius 2 is 2.18 bits per heavy atom. The van der Waals surface area contributed by atoms with Gasteiger partial charge in [0, 0.05) is 22.7 Å². The highest BCUT2D eigenvalue weighted by molar-refractivity contribution is 9.10. The summed E-state index contributed by atoms with van der Waals surface area (Å²) >= 11 is 3.46. The largest absolute Gasteiger partial charge is 0.369 e. The van der Waals surface area contributed by atoms with Crippen LogP contribution in [-0.4, -0.2) is 12.6 Å². The monoisotopic (exact) mass is 292 g/mol. The highest BCUT2D eigenvalue weighted by atomic mass is 79.9. The van der Waals surface area contributed by atoms with Crippen molar-refractivity contribution >= 4 is 21.6 Å². The van der Waals surface area contributed by atoms with E-state index in [1.165, 1.54) is 31.4 Å². The first kappa shape index (κ1) is 12.4. The number of rotatable bonds is 1. The molecule has 2 rings (SSSR count). The Bertz CT molecular complexity index is 436. The molecule has 0 radical (unpaired) electrons. The topological polar surface area (TPSA) is 27.0 Å². The fourth-order valence-electron chi connectivity index (χ4n) is 2.43. The van der Waals surface area contributed by atoms with Gasteiger partial charge in [-0.3, -0.25) is 0 Å². The van der Waals surface area contributed by atoms with Crippen LogP contribution in [0.1, 0.15) is 38.2 Å². The van der Waals surface area contributed by atoms with Gasteiger partial charge in [-0.1, -0.05) is 12.8 Å². The summed E-state index contributed by atoms with van der Waals surface area (Å²) in [5.41, 5.74) is 1.93. The standard InChI is InChI=1S/C14H17BrN2/c1-11-5-3-2-4-8-17(11)13-7-6-12(10-16)14(15)9-13/h6-7,9,11H,2-5,8H2,1H3. The molecule has 1 aromatic carbocycles. The van der Waals surface area contributed by atoms with Gasteiger partial charge in [0.05, 0.1) is 5.56 Å². The van der Waals surface area contributed by atoms with Crippen LogP contribution in [0, 0.1) is 11.3 Å². The second kappa shape index (κ2) is 5.55.